The Labute approximate surface area is 179 Å². The van der Waals surface area contributed by atoms with Crippen molar-refractivity contribution in [3.05, 3.63) is 47.8 Å². The highest BCUT2D eigenvalue weighted by molar-refractivity contribution is 7.91. The van der Waals surface area contributed by atoms with Crippen molar-refractivity contribution in [2.45, 2.75) is 51.6 Å². The average Bonchev–Trinajstić information content (AvgIpc) is 3.25. The van der Waals surface area contributed by atoms with Gasteiger partial charge in [0.1, 0.15) is 5.82 Å². The van der Waals surface area contributed by atoms with Crippen LogP contribution in [0.4, 0.5) is 11.6 Å². The summed E-state index contributed by atoms with van der Waals surface area (Å²) in [4.78, 5) is 2.28. The number of sulfone groups is 1. The summed E-state index contributed by atoms with van der Waals surface area (Å²) in [5, 5.41) is 12.6. The fourth-order valence-corrected chi connectivity index (χ4v) is 6.20. The maximum absolute atomic E-state index is 12.0. The Morgan fingerprint density at radius 2 is 2.00 bits per heavy atom. The lowest BCUT2D eigenvalue weighted by Gasteiger charge is -2.33. The van der Waals surface area contributed by atoms with Crippen molar-refractivity contribution < 1.29 is 8.42 Å². The molecule has 2 fully saturated rings. The van der Waals surface area contributed by atoms with Gasteiger partial charge < -0.3 is 10.2 Å². The molecule has 8 heteroatoms. The van der Waals surface area contributed by atoms with Gasteiger partial charge >= 0.3 is 0 Å². The van der Waals surface area contributed by atoms with Crippen molar-refractivity contribution in [2.24, 2.45) is 0 Å². The molecule has 3 heterocycles. The number of anilines is 2. The average molecular weight is 430 g/mol. The number of rotatable bonds is 6. The summed E-state index contributed by atoms with van der Waals surface area (Å²) in [6.07, 6.45) is 2.65. The molecule has 0 spiro atoms. The number of hydrogen-bond acceptors (Lipinski definition) is 6. The molecule has 1 aromatic carbocycles. The summed E-state index contributed by atoms with van der Waals surface area (Å²) in [6.45, 7) is 10.5. The van der Waals surface area contributed by atoms with Crippen LogP contribution in [0.25, 0.3) is 0 Å². The van der Waals surface area contributed by atoms with Crippen LogP contribution >= 0.6 is 0 Å². The Kier molecular flexibility index (Phi) is 5.86. The first-order chi connectivity index (χ1) is 14.3. The number of allylic oxidation sites excluding steroid dienone is 1. The molecule has 2 aliphatic heterocycles. The van der Waals surface area contributed by atoms with E-state index in [1.807, 2.05) is 6.92 Å². The fraction of sp³-hybridized carbons (Fsp3) is 0.545. The number of aryl methyl sites for hydroxylation is 1. The lowest BCUT2D eigenvalue weighted by Crippen LogP contribution is -2.40. The van der Waals surface area contributed by atoms with Gasteiger partial charge in [-0.25, -0.2) is 8.42 Å². The second-order valence-electron chi connectivity index (χ2n) is 8.78. The molecule has 0 bridgehead atoms. The molecule has 1 atom stereocenters. The number of nitrogens with zero attached hydrogens (tertiary/aromatic N) is 4. The third kappa shape index (κ3) is 4.69. The molecule has 2 aromatic rings. The third-order valence-electron chi connectivity index (χ3n) is 5.95. The van der Waals surface area contributed by atoms with E-state index in [9.17, 15) is 8.42 Å². The molecule has 30 heavy (non-hydrogen) atoms. The predicted molar refractivity (Wildman–Crippen MR) is 121 cm³/mol. The molecule has 162 valence electrons. The lowest BCUT2D eigenvalue weighted by atomic mass is 10.0. The lowest BCUT2D eigenvalue weighted by molar-refractivity contribution is 0.511. The van der Waals surface area contributed by atoms with Gasteiger partial charge in [0.05, 0.1) is 11.5 Å². The Hall–Kier alpha value is -2.35. The van der Waals surface area contributed by atoms with Crippen LogP contribution in [0.15, 0.2) is 36.4 Å². The second-order valence-corrected chi connectivity index (χ2v) is 11.0. The second kappa shape index (κ2) is 8.41. The number of benzene rings is 1. The monoisotopic (exact) mass is 429 g/mol. The van der Waals surface area contributed by atoms with Gasteiger partial charge in [0.15, 0.2) is 9.84 Å². The first-order valence-electron chi connectivity index (χ1n) is 10.7. The predicted octanol–water partition coefficient (Wildman–Crippen LogP) is 3.15. The van der Waals surface area contributed by atoms with Gasteiger partial charge in [-0.1, -0.05) is 24.3 Å². The molecule has 7 nitrogen and oxygen atoms in total. The van der Waals surface area contributed by atoms with E-state index in [4.69, 9.17) is 0 Å². The van der Waals surface area contributed by atoms with Gasteiger partial charge in [0.25, 0.3) is 0 Å². The minimum atomic E-state index is -2.97. The van der Waals surface area contributed by atoms with Crippen molar-refractivity contribution in [1.82, 2.24) is 14.8 Å². The molecule has 0 amide bonds. The van der Waals surface area contributed by atoms with Crippen LogP contribution in [0.3, 0.4) is 0 Å². The zero-order valence-electron chi connectivity index (χ0n) is 17.8. The maximum Gasteiger partial charge on any atom is 0.227 e. The van der Waals surface area contributed by atoms with Crippen molar-refractivity contribution in [1.29, 1.82) is 0 Å². The van der Waals surface area contributed by atoms with E-state index in [-0.39, 0.29) is 17.4 Å². The van der Waals surface area contributed by atoms with Crippen LogP contribution in [0.1, 0.15) is 43.5 Å². The summed E-state index contributed by atoms with van der Waals surface area (Å²) < 4.78 is 26.0. The summed E-state index contributed by atoms with van der Waals surface area (Å²) in [7, 11) is -2.97. The highest BCUT2D eigenvalue weighted by atomic mass is 32.2. The Morgan fingerprint density at radius 3 is 2.63 bits per heavy atom. The largest absolute Gasteiger partial charge is 0.382 e. The summed E-state index contributed by atoms with van der Waals surface area (Å²) in [5.74, 6) is 1.96. The van der Waals surface area contributed by atoms with E-state index >= 15 is 0 Å². The summed E-state index contributed by atoms with van der Waals surface area (Å²) in [6, 6.07) is 8.91. The van der Waals surface area contributed by atoms with Gasteiger partial charge in [-0.2, -0.15) is 0 Å². The highest BCUT2D eigenvalue weighted by Gasteiger charge is 2.34. The van der Waals surface area contributed by atoms with Gasteiger partial charge in [-0.05, 0) is 50.8 Å². The van der Waals surface area contributed by atoms with Gasteiger partial charge in [-0.3, -0.25) is 4.57 Å². The van der Waals surface area contributed by atoms with Crippen molar-refractivity contribution in [3.63, 3.8) is 0 Å². The molecular weight excluding hydrogens is 398 g/mol. The zero-order chi connectivity index (χ0) is 21.3. The third-order valence-corrected chi connectivity index (χ3v) is 7.72. The number of aromatic nitrogens is 3. The van der Waals surface area contributed by atoms with Crippen LogP contribution < -0.4 is 10.2 Å². The normalized spacial score (nSPS) is 21.7. The standard InChI is InChI=1S/C22H31N5O2S/c1-16(2)14-27-21(18-9-12-30(28,29)15-18)24-25-22(27)26-10-7-19(8-11-26)23-20-6-4-5-17(3)13-20/h4-6,13,18-19,23H,1,7-12,14-15H2,2-3H3. The number of nitrogens with one attached hydrogen (secondary N) is 1. The molecule has 0 aliphatic carbocycles. The van der Waals surface area contributed by atoms with E-state index in [1.165, 1.54) is 11.3 Å². The molecule has 0 saturated carbocycles. The molecule has 2 saturated heterocycles. The van der Waals surface area contributed by atoms with Crippen molar-refractivity contribution in [3.8, 4) is 0 Å². The summed E-state index contributed by atoms with van der Waals surface area (Å²) >= 11 is 0. The minimum absolute atomic E-state index is 0.0730. The molecule has 1 unspecified atom stereocenters. The maximum atomic E-state index is 12.0. The van der Waals surface area contributed by atoms with Crippen molar-refractivity contribution in [2.75, 3.05) is 34.8 Å². The number of hydrogen-bond donors (Lipinski definition) is 1. The van der Waals surface area contributed by atoms with Crippen LogP contribution in [-0.4, -0.2) is 53.8 Å². The Balaban J connectivity index is 1.47. The molecule has 1 N–H and O–H groups in total. The van der Waals surface area contributed by atoms with Gasteiger partial charge in [-0.15, -0.1) is 10.2 Å². The topological polar surface area (TPSA) is 80.1 Å². The van der Waals surface area contributed by atoms with Gasteiger partial charge in [0.2, 0.25) is 5.95 Å². The quantitative estimate of drug-likeness (QED) is 0.711. The molecule has 1 aromatic heterocycles. The Bertz CT molecular complexity index is 1020. The van der Waals surface area contributed by atoms with Crippen LogP contribution in [-0.2, 0) is 16.4 Å². The van der Waals surface area contributed by atoms with E-state index < -0.39 is 9.84 Å². The van der Waals surface area contributed by atoms with Crippen molar-refractivity contribution >= 4 is 21.5 Å². The minimum Gasteiger partial charge on any atom is -0.382 e. The van der Waals surface area contributed by atoms with E-state index in [0.717, 1.165) is 43.3 Å². The number of piperidine rings is 1. The smallest absolute Gasteiger partial charge is 0.227 e. The van der Waals surface area contributed by atoms with E-state index in [1.54, 1.807) is 0 Å². The fourth-order valence-electron chi connectivity index (χ4n) is 4.46. The highest BCUT2D eigenvalue weighted by Crippen LogP contribution is 2.31. The summed E-state index contributed by atoms with van der Waals surface area (Å²) in [5.41, 5.74) is 3.43. The molecule has 4 rings (SSSR count). The van der Waals surface area contributed by atoms with Crippen LogP contribution in [0.5, 0.6) is 0 Å². The van der Waals surface area contributed by atoms with E-state index in [0.29, 0.717) is 19.0 Å². The zero-order valence-corrected chi connectivity index (χ0v) is 18.7. The van der Waals surface area contributed by atoms with E-state index in [2.05, 4.69) is 62.7 Å². The SMILES string of the molecule is C=C(C)Cn1c(C2CCS(=O)(=O)C2)nnc1N1CCC(Nc2cccc(C)c2)CC1. The van der Waals surface area contributed by atoms with Crippen LogP contribution in [0, 0.1) is 6.92 Å². The molecule has 2 aliphatic rings. The Morgan fingerprint density at radius 1 is 1.23 bits per heavy atom. The first kappa shape index (κ1) is 20.9. The molecular formula is C22H31N5O2S. The van der Waals surface area contributed by atoms with Crippen LogP contribution in [0.2, 0.25) is 0 Å². The molecule has 0 radical (unpaired) electrons. The first-order valence-corrected chi connectivity index (χ1v) is 12.5. The van der Waals surface area contributed by atoms with Gasteiger partial charge in [0, 0.05) is 37.3 Å².